The van der Waals surface area contributed by atoms with Crippen LogP contribution < -0.4 is 5.73 Å². The number of halogens is 1. The lowest BCUT2D eigenvalue weighted by molar-refractivity contribution is 0.371. The SMILES string of the molecule is CCC(C)CC(C)n1nnnc1-c1ccc(F)c(N)c1. The first-order valence-electron chi connectivity index (χ1n) is 6.86. The Morgan fingerprint density at radius 3 is 2.75 bits per heavy atom. The molecule has 108 valence electrons. The molecule has 0 saturated heterocycles. The van der Waals surface area contributed by atoms with Gasteiger partial charge < -0.3 is 5.73 Å². The van der Waals surface area contributed by atoms with Crippen molar-refractivity contribution in [2.75, 3.05) is 5.73 Å². The highest BCUT2D eigenvalue weighted by Gasteiger charge is 2.17. The van der Waals surface area contributed by atoms with Gasteiger partial charge in [-0.25, -0.2) is 9.07 Å². The van der Waals surface area contributed by atoms with Crippen LogP contribution >= 0.6 is 0 Å². The quantitative estimate of drug-likeness (QED) is 0.853. The molecule has 0 amide bonds. The fraction of sp³-hybridized carbons (Fsp3) is 0.500. The van der Waals surface area contributed by atoms with Crippen molar-refractivity contribution in [1.82, 2.24) is 20.2 Å². The number of nitrogens with two attached hydrogens (primary N) is 1. The van der Waals surface area contributed by atoms with Gasteiger partial charge in [-0.15, -0.1) is 5.10 Å². The van der Waals surface area contributed by atoms with E-state index in [2.05, 4.69) is 36.3 Å². The van der Waals surface area contributed by atoms with Gasteiger partial charge >= 0.3 is 0 Å². The molecule has 1 aromatic carbocycles. The van der Waals surface area contributed by atoms with Crippen molar-refractivity contribution in [3.8, 4) is 11.4 Å². The summed E-state index contributed by atoms with van der Waals surface area (Å²) in [5, 5.41) is 11.8. The molecule has 2 unspecified atom stereocenters. The average molecular weight is 277 g/mol. The summed E-state index contributed by atoms with van der Waals surface area (Å²) in [4.78, 5) is 0. The predicted octanol–water partition coefficient (Wildman–Crippen LogP) is 3.06. The lowest BCUT2D eigenvalue weighted by Crippen LogP contribution is -2.12. The Morgan fingerprint density at radius 2 is 2.10 bits per heavy atom. The van der Waals surface area contributed by atoms with Gasteiger partial charge in [0.25, 0.3) is 0 Å². The zero-order valence-electron chi connectivity index (χ0n) is 12.0. The van der Waals surface area contributed by atoms with E-state index in [9.17, 15) is 4.39 Å². The second-order valence-corrected chi connectivity index (χ2v) is 5.28. The van der Waals surface area contributed by atoms with Crippen LogP contribution in [-0.2, 0) is 0 Å². The average Bonchev–Trinajstić information content (AvgIpc) is 2.91. The van der Waals surface area contributed by atoms with Gasteiger partial charge in [-0.2, -0.15) is 0 Å². The molecule has 0 bridgehead atoms. The predicted molar refractivity (Wildman–Crippen MR) is 76.4 cm³/mol. The monoisotopic (exact) mass is 277 g/mol. The number of nitrogen functional groups attached to an aromatic ring is 1. The fourth-order valence-electron chi connectivity index (χ4n) is 2.21. The number of hydrogen-bond donors (Lipinski definition) is 1. The van der Waals surface area contributed by atoms with Crippen molar-refractivity contribution in [2.45, 2.75) is 39.7 Å². The second-order valence-electron chi connectivity index (χ2n) is 5.28. The minimum Gasteiger partial charge on any atom is -0.396 e. The number of aromatic nitrogens is 4. The van der Waals surface area contributed by atoms with Gasteiger partial charge in [-0.05, 0) is 47.9 Å². The van der Waals surface area contributed by atoms with Gasteiger partial charge in [0, 0.05) is 5.56 Å². The smallest absolute Gasteiger partial charge is 0.182 e. The molecular formula is C14H20FN5. The summed E-state index contributed by atoms with van der Waals surface area (Å²) in [7, 11) is 0. The van der Waals surface area contributed by atoms with E-state index in [4.69, 9.17) is 5.73 Å². The molecule has 0 aliphatic heterocycles. The summed E-state index contributed by atoms with van der Waals surface area (Å²) < 4.78 is 15.0. The van der Waals surface area contributed by atoms with Crippen LogP contribution in [0.25, 0.3) is 11.4 Å². The van der Waals surface area contributed by atoms with Crippen molar-refractivity contribution < 1.29 is 4.39 Å². The highest BCUT2D eigenvalue weighted by atomic mass is 19.1. The Labute approximate surface area is 118 Å². The largest absolute Gasteiger partial charge is 0.396 e. The first-order chi connectivity index (χ1) is 9.52. The minimum absolute atomic E-state index is 0.103. The van der Waals surface area contributed by atoms with Crippen molar-refractivity contribution >= 4 is 5.69 Å². The maximum absolute atomic E-state index is 13.2. The molecule has 0 saturated carbocycles. The Balaban J connectivity index is 2.30. The van der Waals surface area contributed by atoms with Gasteiger partial charge in [0.15, 0.2) is 5.82 Å². The summed E-state index contributed by atoms with van der Waals surface area (Å²) in [5.74, 6) is 0.785. The van der Waals surface area contributed by atoms with Crippen molar-refractivity contribution in [3.63, 3.8) is 0 Å². The molecule has 0 aliphatic carbocycles. The van der Waals surface area contributed by atoms with E-state index in [1.165, 1.54) is 6.07 Å². The first-order valence-corrected chi connectivity index (χ1v) is 6.86. The van der Waals surface area contributed by atoms with E-state index in [1.807, 2.05) is 0 Å². The Hall–Kier alpha value is -1.98. The fourth-order valence-corrected chi connectivity index (χ4v) is 2.21. The first kappa shape index (κ1) is 14.4. The number of benzene rings is 1. The molecule has 2 atom stereocenters. The Kier molecular flexibility index (Phi) is 4.32. The van der Waals surface area contributed by atoms with E-state index in [-0.39, 0.29) is 11.7 Å². The molecule has 2 N–H and O–H groups in total. The molecule has 2 rings (SSSR count). The summed E-state index contributed by atoms with van der Waals surface area (Å²) in [5.41, 5.74) is 6.43. The Bertz CT molecular complexity index is 581. The van der Waals surface area contributed by atoms with E-state index in [0.717, 1.165) is 18.4 Å². The topological polar surface area (TPSA) is 69.6 Å². The highest BCUT2D eigenvalue weighted by molar-refractivity contribution is 5.61. The van der Waals surface area contributed by atoms with Crippen LogP contribution in [0.15, 0.2) is 18.2 Å². The standard InChI is InChI=1S/C14H20FN5/c1-4-9(2)7-10(3)20-14(17-18-19-20)11-5-6-12(15)13(16)8-11/h5-6,8-10H,4,7,16H2,1-3H3. The molecule has 0 radical (unpaired) electrons. The van der Waals surface area contributed by atoms with Crippen LogP contribution in [0.5, 0.6) is 0 Å². The molecule has 0 fully saturated rings. The van der Waals surface area contributed by atoms with Crippen LogP contribution in [-0.4, -0.2) is 20.2 Å². The zero-order chi connectivity index (χ0) is 14.7. The maximum atomic E-state index is 13.2. The molecule has 0 spiro atoms. The zero-order valence-corrected chi connectivity index (χ0v) is 12.0. The number of hydrogen-bond acceptors (Lipinski definition) is 4. The molecule has 1 heterocycles. The molecule has 5 nitrogen and oxygen atoms in total. The summed E-state index contributed by atoms with van der Waals surface area (Å²) in [6.07, 6.45) is 2.11. The maximum Gasteiger partial charge on any atom is 0.182 e. The van der Waals surface area contributed by atoms with Crippen LogP contribution in [0.4, 0.5) is 10.1 Å². The number of tetrazole rings is 1. The molecule has 1 aromatic heterocycles. The summed E-state index contributed by atoms with van der Waals surface area (Å²) in [6, 6.07) is 4.72. The van der Waals surface area contributed by atoms with Crippen molar-refractivity contribution in [3.05, 3.63) is 24.0 Å². The lowest BCUT2D eigenvalue weighted by Gasteiger charge is -2.17. The van der Waals surface area contributed by atoms with Crippen LogP contribution in [0.2, 0.25) is 0 Å². The highest BCUT2D eigenvalue weighted by Crippen LogP contribution is 2.26. The van der Waals surface area contributed by atoms with E-state index >= 15 is 0 Å². The Morgan fingerprint density at radius 1 is 1.35 bits per heavy atom. The number of nitrogens with zero attached hydrogens (tertiary/aromatic N) is 4. The van der Waals surface area contributed by atoms with Gasteiger partial charge in [0.1, 0.15) is 5.82 Å². The van der Waals surface area contributed by atoms with E-state index in [1.54, 1.807) is 16.8 Å². The minimum atomic E-state index is -0.430. The molecule has 2 aromatic rings. The molecule has 0 aliphatic rings. The van der Waals surface area contributed by atoms with Gasteiger partial charge in [0.05, 0.1) is 11.7 Å². The van der Waals surface area contributed by atoms with Gasteiger partial charge in [0.2, 0.25) is 0 Å². The molecule has 20 heavy (non-hydrogen) atoms. The second kappa shape index (κ2) is 5.98. The normalized spacial score (nSPS) is 14.2. The summed E-state index contributed by atoms with van der Waals surface area (Å²) in [6.45, 7) is 6.45. The van der Waals surface area contributed by atoms with Crippen LogP contribution in [0.1, 0.15) is 39.7 Å². The third-order valence-electron chi connectivity index (χ3n) is 3.60. The third-order valence-corrected chi connectivity index (χ3v) is 3.60. The molecule has 6 heteroatoms. The summed E-state index contributed by atoms with van der Waals surface area (Å²) >= 11 is 0. The lowest BCUT2D eigenvalue weighted by atomic mass is 10.0. The number of anilines is 1. The van der Waals surface area contributed by atoms with Gasteiger partial charge in [-0.3, -0.25) is 0 Å². The van der Waals surface area contributed by atoms with Crippen molar-refractivity contribution in [1.29, 1.82) is 0 Å². The van der Waals surface area contributed by atoms with Crippen molar-refractivity contribution in [2.24, 2.45) is 5.92 Å². The van der Waals surface area contributed by atoms with Crippen LogP contribution in [0, 0.1) is 11.7 Å². The van der Waals surface area contributed by atoms with E-state index in [0.29, 0.717) is 11.7 Å². The van der Waals surface area contributed by atoms with Gasteiger partial charge in [-0.1, -0.05) is 20.3 Å². The van der Waals surface area contributed by atoms with E-state index < -0.39 is 5.82 Å². The molecular weight excluding hydrogens is 257 g/mol. The van der Waals surface area contributed by atoms with Crippen LogP contribution in [0.3, 0.4) is 0 Å². The third kappa shape index (κ3) is 2.95. The number of rotatable bonds is 5.